The molecule has 1 amide bonds. The molecular weight excluding hydrogens is 963 g/mol. The number of nitrogens with one attached hydrogen (secondary N) is 1. The molecule has 2 fully saturated rings. The number of pyridine rings is 2. The molecule has 2 saturated heterocycles. The van der Waals surface area contributed by atoms with Gasteiger partial charge in [-0.05, 0) is 106 Å². The van der Waals surface area contributed by atoms with E-state index in [1.807, 2.05) is 34.1 Å². The first-order valence-corrected chi connectivity index (χ1v) is 23.8. The monoisotopic (exact) mass is 1020 g/mol. The van der Waals surface area contributed by atoms with Crippen molar-refractivity contribution in [2.45, 2.75) is 89.8 Å². The summed E-state index contributed by atoms with van der Waals surface area (Å²) in [5, 5.41) is 2.81. The second-order valence-electron chi connectivity index (χ2n) is 19.3. The van der Waals surface area contributed by atoms with Crippen LogP contribution in [-0.2, 0) is 30.5 Å². The number of anilines is 3. The molecule has 3 aromatic heterocycles. The summed E-state index contributed by atoms with van der Waals surface area (Å²) in [5.41, 5.74) is -1.16. The lowest BCUT2D eigenvalue weighted by molar-refractivity contribution is -0.137. The number of halogens is 6. The molecule has 20 heteroatoms. The van der Waals surface area contributed by atoms with E-state index in [2.05, 4.69) is 10.3 Å². The van der Waals surface area contributed by atoms with Crippen molar-refractivity contribution < 1.29 is 50.4 Å². The highest BCUT2D eigenvalue weighted by atomic mass is 35.5. The Morgan fingerprint density at radius 2 is 1.61 bits per heavy atom. The molecule has 3 aliphatic rings. The van der Waals surface area contributed by atoms with Crippen LogP contribution < -0.4 is 34.1 Å². The van der Waals surface area contributed by atoms with E-state index in [4.69, 9.17) is 50.2 Å². The fourth-order valence-electron chi connectivity index (χ4n) is 9.76. The van der Waals surface area contributed by atoms with Crippen LogP contribution in [0.4, 0.5) is 44.2 Å². The fourth-order valence-corrected chi connectivity index (χ4v) is 10.1. The number of rotatable bonds is 14. The standard InChI is InChI=1S/C52H54ClF5N8O6/c1-31-23-39(65(25-32-10-14-35(68-5)15-11-32)26-33-12-16-36(69-6)17-13-33)61-43(41(31)52(56,57)58)37-24-38-40-44(42(37)53)70-22-21-64(27-34-9-7-19-59-45(34)62-48(67)72-49(2,3)4)46(40)63-47(60-38)71-30-50-18-8-20-66(50)29-51(54,55)28-50/h7,9-17,19,23-24H,8,18,20-22,25-30H2,1-6H3,(H,59,62,67)/t50-/m0/s1. The minimum atomic E-state index is -4.90. The maximum absolute atomic E-state index is 15.6. The summed E-state index contributed by atoms with van der Waals surface area (Å²) in [5.74, 6) is -0.960. The molecular formula is C52H54ClF5N8O6. The maximum Gasteiger partial charge on any atom is 0.418 e. The summed E-state index contributed by atoms with van der Waals surface area (Å²) < 4.78 is 106. The van der Waals surface area contributed by atoms with Gasteiger partial charge in [-0.25, -0.2) is 23.5 Å². The average molecular weight is 1020 g/mol. The van der Waals surface area contributed by atoms with Crippen molar-refractivity contribution in [2.75, 3.05) is 62.2 Å². The molecule has 3 aromatic carbocycles. The van der Waals surface area contributed by atoms with Gasteiger partial charge in [0, 0.05) is 43.4 Å². The van der Waals surface area contributed by atoms with E-state index in [1.165, 1.54) is 25.3 Å². The smallest absolute Gasteiger partial charge is 0.418 e. The highest BCUT2D eigenvalue weighted by Crippen LogP contribution is 2.50. The molecule has 0 aliphatic carbocycles. The van der Waals surface area contributed by atoms with Gasteiger partial charge in [0.15, 0.2) is 5.75 Å². The largest absolute Gasteiger partial charge is 0.497 e. The molecule has 0 saturated carbocycles. The SMILES string of the molecule is COc1ccc(CN(Cc2ccc(OC)cc2)c2cc(C)c(C(F)(F)F)c(-c3cc4nc(OC[C@@]56CCCN5CC(F)(F)C6)nc5c4c(c3Cl)OCCN5Cc3cccnc3NC(=O)OC(C)(C)C)n2)cc1. The van der Waals surface area contributed by atoms with E-state index in [0.29, 0.717) is 36.4 Å². The van der Waals surface area contributed by atoms with Crippen LogP contribution in [0.5, 0.6) is 23.3 Å². The minimum Gasteiger partial charge on any atom is -0.497 e. The van der Waals surface area contributed by atoms with Crippen molar-refractivity contribution in [3.63, 3.8) is 0 Å². The molecule has 1 atom stereocenters. The molecule has 0 radical (unpaired) electrons. The van der Waals surface area contributed by atoms with Crippen molar-refractivity contribution >= 4 is 46.1 Å². The summed E-state index contributed by atoms with van der Waals surface area (Å²) >= 11 is 7.32. The number of aromatic nitrogens is 4. The molecule has 0 spiro atoms. The first-order chi connectivity index (χ1) is 34.2. The number of benzene rings is 3. The van der Waals surface area contributed by atoms with Gasteiger partial charge in [0.05, 0.1) is 60.0 Å². The summed E-state index contributed by atoms with van der Waals surface area (Å²) in [6.07, 6.45) is -3.34. The van der Waals surface area contributed by atoms with Crippen LogP contribution in [0.2, 0.25) is 5.02 Å². The lowest BCUT2D eigenvalue weighted by atomic mass is 9.94. The maximum atomic E-state index is 15.6. The number of fused-ring (bicyclic) bond motifs is 1. The fraction of sp³-hybridized carbons (Fsp3) is 0.404. The summed E-state index contributed by atoms with van der Waals surface area (Å²) in [6, 6.07) is 20.8. The van der Waals surface area contributed by atoms with Crippen molar-refractivity contribution in [1.82, 2.24) is 24.8 Å². The van der Waals surface area contributed by atoms with Gasteiger partial charge in [-0.15, -0.1) is 0 Å². The third-order valence-corrected chi connectivity index (χ3v) is 13.3. The Balaban J connectivity index is 1.19. The highest BCUT2D eigenvalue weighted by Gasteiger charge is 2.57. The molecule has 6 heterocycles. The van der Waals surface area contributed by atoms with Crippen molar-refractivity contribution in [2.24, 2.45) is 0 Å². The molecule has 6 aromatic rings. The molecule has 380 valence electrons. The van der Waals surface area contributed by atoms with E-state index < -0.39 is 53.6 Å². The van der Waals surface area contributed by atoms with Crippen LogP contribution in [-0.4, -0.2) is 95.1 Å². The van der Waals surface area contributed by atoms with Crippen LogP contribution >= 0.6 is 11.6 Å². The van der Waals surface area contributed by atoms with Gasteiger partial charge in [0.25, 0.3) is 5.92 Å². The number of methoxy groups -OCH3 is 2. The van der Waals surface area contributed by atoms with Gasteiger partial charge >= 0.3 is 18.3 Å². The molecule has 0 unspecified atom stereocenters. The Kier molecular flexibility index (Phi) is 13.7. The predicted octanol–water partition coefficient (Wildman–Crippen LogP) is 11.3. The molecule has 14 nitrogen and oxygen atoms in total. The summed E-state index contributed by atoms with van der Waals surface area (Å²) in [7, 11) is 3.12. The number of alkyl halides is 5. The van der Waals surface area contributed by atoms with Crippen LogP contribution in [0.25, 0.3) is 22.2 Å². The van der Waals surface area contributed by atoms with E-state index in [0.717, 1.165) is 11.1 Å². The Hall–Kier alpha value is -6.73. The number of hydrogen-bond acceptors (Lipinski definition) is 13. The minimum absolute atomic E-state index is 0.00815. The number of carbonyl (C=O) groups excluding carboxylic acids is 1. The molecule has 0 bridgehead atoms. The second-order valence-corrected chi connectivity index (χ2v) is 19.7. The van der Waals surface area contributed by atoms with E-state index >= 15 is 13.2 Å². The number of ether oxygens (including phenoxy) is 5. The van der Waals surface area contributed by atoms with Crippen LogP contribution in [0.3, 0.4) is 0 Å². The van der Waals surface area contributed by atoms with Crippen molar-refractivity contribution in [3.05, 3.63) is 112 Å². The second kappa shape index (κ2) is 19.7. The normalized spacial score (nSPS) is 17.5. The first kappa shape index (κ1) is 50.2. The third-order valence-electron chi connectivity index (χ3n) is 13.0. The Morgan fingerprint density at radius 1 is 0.931 bits per heavy atom. The number of hydrogen-bond donors (Lipinski definition) is 1. The Bertz CT molecular complexity index is 2930. The summed E-state index contributed by atoms with van der Waals surface area (Å²) in [4.78, 5) is 37.3. The van der Waals surface area contributed by atoms with Crippen molar-refractivity contribution in [1.29, 1.82) is 0 Å². The number of aryl methyl sites for hydroxylation is 1. The average Bonchev–Trinajstić information content (AvgIpc) is 3.74. The number of amides is 1. The van der Waals surface area contributed by atoms with E-state index in [1.54, 1.807) is 76.3 Å². The zero-order valence-corrected chi connectivity index (χ0v) is 41.4. The molecule has 1 N–H and O–H groups in total. The highest BCUT2D eigenvalue weighted by molar-refractivity contribution is 6.36. The number of carbonyl (C=O) groups is 1. The van der Waals surface area contributed by atoms with Gasteiger partial charge in [-0.1, -0.05) is 41.9 Å². The molecule has 3 aliphatic heterocycles. The lowest BCUT2D eigenvalue weighted by Crippen LogP contribution is -2.43. The van der Waals surface area contributed by atoms with Gasteiger partial charge in [-0.3, -0.25) is 10.2 Å². The first-order valence-electron chi connectivity index (χ1n) is 23.4. The van der Waals surface area contributed by atoms with Gasteiger partial charge < -0.3 is 33.5 Å². The molecule has 72 heavy (non-hydrogen) atoms. The van der Waals surface area contributed by atoms with E-state index in [-0.39, 0.29) is 95.7 Å². The topological polar surface area (TPSA) is 137 Å². The van der Waals surface area contributed by atoms with Gasteiger partial charge in [-0.2, -0.15) is 23.1 Å². The number of nitrogens with zero attached hydrogens (tertiary/aromatic N) is 7. The zero-order valence-electron chi connectivity index (χ0n) is 40.6. The van der Waals surface area contributed by atoms with Crippen molar-refractivity contribution in [3.8, 4) is 34.5 Å². The quantitative estimate of drug-likeness (QED) is 0.104. The Morgan fingerprint density at radius 3 is 2.25 bits per heavy atom. The van der Waals surface area contributed by atoms with Gasteiger partial charge in [0.2, 0.25) is 0 Å². The van der Waals surface area contributed by atoms with Crippen LogP contribution in [0.15, 0.2) is 79.0 Å². The van der Waals surface area contributed by atoms with Crippen LogP contribution in [0.1, 0.15) is 67.9 Å². The third kappa shape index (κ3) is 10.7. The predicted molar refractivity (Wildman–Crippen MR) is 263 cm³/mol. The molecule has 9 rings (SSSR count). The zero-order chi connectivity index (χ0) is 51.2. The van der Waals surface area contributed by atoms with Crippen LogP contribution in [0, 0.1) is 6.92 Å². The Labute approximate surface area is 418 Å². The van der Waals surface area contributed by atoms with E-state index in [9.17, 15) is 13.6 Å². The summed E-state index contributed by atoms with van der Waals surface area (Å²) in [6.45, 7) is 7.21. The van der Waals surface area contributed by atoms with Gasteiger partial charge in [0.1, 0.15) is 47.8 Å². The lowest BCUT2D eigenvalue weighted by Gasteiger charge is -2.30.